The molecular formula is C35H37Cl2N3O4S. The van der Waals surface area contributed by atoms with Gasteiger partial charge in [0.25, 0.3) is 10.0 Å². The van der Waals surface area contributed by atoms with Crippen molar-refractivity contribution in [1.29, 1.82) is 0 Å². The van der Waals surface area contributed by atoms with Gasteiger partial charge in [0.1, 0.15) is 12.6 Å². The number of anilines is 1. The summed E-state index contributed by atoms with van der Waals surface area (Å²) in [6, 6.07) is 28.3. The van der Waals surface area contributed by atoms with Crippen LogP contribution in [0, 0.1) is 6.92 Å². The molecule has 2 unspecified atom stereocenters. The summed E-state index contributed by atoms with van der Waals surface area (Å²) in [5.41, 5.74) is 2.66. The van der Waals surface area contributed by atoms with Crippen molar-refractivity contribution in [2.24, 2.45) is 0 Å². The van der Waals surface area contributed by atoms with Crippen molar-refractivity contribution in [3.8, 4) is 0 Å². The number of carbonyl (C=O) groups is 2. The number of benzene rings is 4. The predicted molar refractivity (Wildman–Crippen MR) is 181 cm³/mol. The second-order valence-corrected chi connectivity index (χ2v) is 13.6. The van der Waals surface area contributed by atoms with E-state index in [-0.39, 0.29) is 29.8 Å². The van der Waals surface area contributed by atoms with Gasteiger partial charge in [-0.2, -0.15) is 0 Å². The van der Waals surface area contributed by atoms with Crippen LogP contribution in [0.15, 0.2) is 108 Å². The molecule has 1 N–H and O–H groups in total. The van der Waals surface area contributed by atoms with E-state index in [9.17, 15) is 18.0 Å². The van der Waals surface area contributed by atoms with Gasteiger partial charge in [0, 0.05) is 19.0 Å². The zero-order chi connectivity index (χ0) is 32.6. The summed E-state index contributed by atoms with van der Waals surface area (Å²) in [7, 11) is -4.17. The highest BCUT2D eigenvalue weighted by atomic mass is 35.5. The maximum Gasteiger partial charge on any atom is 0.264 e. The highest BCUT2D eigenvalue weighted by molar-refractivity contribution is 7.92. The third kappa shape index (κ3) is 8.87. The molecule has 0 bridgehead atoms. The van der Waals surface area contributed by atoms with Crippen LogP contribution in [0.25, 0.3) is 0 Å². The van der Waals surface area contributed by atoms with E-state index >= 15 is 0 Å². The third-order valence-corrected chi connectivity index (χ3v) is 10.0. The summed E-state index contributed by atoms with van der Waals surface area (Å²) >= 11 is 12.5. The van der Waals surface area contributed by atoms with Gasteiger partial charge in [-0.05, 0) is 73.4 Å². The third-order valence-electron chi connectivity index (χ3n) is 7.51. The summed E-state index contributed by atoms with van der Waals surface area (Å²) in [6.45, 7) is 5.17. The van der Waals surface area contributed by atoms with Crippen LogP contribution in [0.4, 0.5) is 5.69 Å². The summed E-state index contributed by atoms with van der Waals surface area (Å²) < 4.78 is 29.2. The molecule has 2 atom stereocenters. The summed E-state index contributed by atoms with van der Waals surface area (Å²) in [5, 5.41) is 3.69. The van der Waals surface area contributed by atoms with E-state index in [4.69, 9.17) is 23.2 Å². The van der Waals surface area contributed by atoms with Crippen molar-refractivity contribution in [2.75, 3.05) is 10.8 Å². The average molecular weight is 667 g/mol. The normalized spacial score (nSPS) is 12.6. The Morgan fingerprint density at radius 2 is 1.49 bits per heavy atom. The fourth-order valence-corrected chi connectivity index (χ4v) is 6.61. The smallest absolute Gasteiger partial charge is 0.264 e. The molecule has 236 valence electrons. The van der Waals surface area contributed by atoms with Gasteiger partial charge in [-0.3, -0.25) is 13.9 Å². The molecule has 0 fully saturated rings. The lowest BCUT2D eigenvalue weighted by Gasteiger charge is -2.34. The van der Waals surface area contributed by atoms with Crippen LogP contribution < -0.4 is 9.62 Å². The Kier molecular flexibility index (Phi) is 11.7. The minimum atomic E-state index is -4.17. The Balaban J connectivity index is 1.82. The molecule has 0 aliphatic rings. The topological polar surface area (TPSA) is 86.8 Å². The second kappa shape index (κ2) is 15.4. The highest BCUT2D eigenvalue weighted by Crippen LogP contribution is 2.27. The minimum absolute atomic E-state index is 0.00576. The van der Waals surface area contributed by atoms with Crippen molar-refractivity contribution in [1.82, 2.24) is 10.2 Å². The Morgan fingerprint density at radius 3 is 2.11 bits per heavy atom. The Labute approximate surface area is 275 Å². The van der Waals surface area contributed by atoms with Crippen LogP contribution in [0.3, 0.4) is 0 Å². The maximum absolute atomic E-state index is 14.5. The lowest BCUT2D eigenvalue weighted by atomic mass is 10.0. The standard InChI is InChI=1S/C35H37Cl2N3O4S/c1-4-26(3)38-35(42)33(22-27-13-7-5-8-14-27)39(23-28-18-19-31(36)32(37)21-28)34(41)24-40(29-15-11-12-25(2)20-29)45(43,44)30-16-9-6-10-17-30/h5-21,26,33H,4,22-24H2,1-3H3,(H,38,42). The molecule has 0 saturated carbocycles. The van der Waals surface area contributed by atoms with E-state index in [0.29, 0.717) is 27.7 Å². The lowest BCUT2D eigenvalue weighted by Crippen LogP contribution is -2.54. The predicted octanol–water partition coefficient (Wildman–Crippen LogP) is 7.05. The van der Waals surface area contributed by atoms with Crippen LogP contribution >= 0.6 is 23.2 Å². The molecule has 0 saturated heterocycles. The first kappa shape index (κ1) is 34.0. The SMILES string of the molecule is CCC(C)NC(=O)C(Cc1ccccc1)N(Cc1ccc(Cl)c(Cl)c1)C(=O)CN(c1cccc(C)c1)S(=O)(=O)c1ccccc1. The summed E-state index contributed by atoms with van der Waals surface area (Å²) in [4.78, 5) is 29.9. The van der Waals surface area contributed by atoms with Gasteiger partial charge >= 0.3 is 0 Å². The molecule has 10 heteroatoms. The van der Waals surface area contributed by atoms with Crippen molar-refractivity contribution in [3.05, 3.63) is 130 Å². The van der Waals surface area contributed by atoms with E-state index < -0.39 is 28.5 Å². The molecule has 7 nitrogen and oxygen atoms in total. The lowest BCUT2D eigenvalue weighted by molar-refractivity contribution is -0.140. The number of rotatable bonds is 13. The van der Waals surface area contributed by atoms with Crippen LogP contribution in [-0.4, -0.2) is 43.8 Å². The van der Waals surface area contributed by atoms with Crippen LogP contribution in [0.1, 0.15) is 37.0 Å². The fraction of sp³-hybridized carbons (Fsp3) is 0.257. The Bertz CT molecular complexity index is 1720. The van der Waals surface area contributed by atoms with Crippen molar-refractivity contribution < 1.29 is 18.0 Å². The molecule has 4 aromatic carbocycles. The molecule has 0 aliphatic heterocycles. The number of halogens is 2. The van der Waals surface area contributed by atoms with E-state index in [1.54, 1.807) is 54.6 Å². The van der Waals surface area contributed by atoms with Crippen LogP contribution in [-0.2, 0) is 32.6 Å². The first-order valence-corrected chi connectivity index (χ1v) is 16.9. The highest BCUT2D eigenvalue weighted by Gasteiger charge is 2.35. The number of hydrogen-bond donors (Lipinski definition) is 1. The zero-order valence-electron chi connectivity index (χ0n) is 25.5. The van der Waals surface area contributed by atoms with Crippen molar-refractivity contribution >= 4 is 50.7 Å². The largest absolute Gasteiger partial charge is 0.352 e. The maximum atomic E-state index is 14.5. The molecule has 4 rings (SSSR count). The van der Waals surface area contributed by atoms with E-state index in [1.165, 1.54) is 17.0 Å². The van der Waals surface area contributed by atoms with Gasteiger partial charge in [0.05, 0.1) is 20.6 Å². The average Bonchev–Trinajstić information content (AvgIpc) is 3.03. The number of amides is 2. The quantitative estimate of drug-likeness (QED) is 0.166. The molecule has 45 heavy (non-hydrogen) atoms. The van der Waals surface area contributed by atoms with Crippen LogP contribution in [0.5, 0.6) is 0 Å². The number of nitrogens with one attached hydrogen (secondary N) is 1. The molecule has 2 amide bonds. The summed E-state index contributed by atoms with van der Waals surface area (Å²) in [5.74, 6) is -0.892. The molecule has 4 aromatic rings. The van der Waals surface area contributed by atoms with Gasteiger partial charge < -0.3 is 10.2 Å². The van der Waals surface area contributed by atoms with Gasteiger partial charge in [0.2, 0.25) is 11.8 Å². The molecule has 0 spiro atoms. The molecule has 0 aromatic heterocycles. The number of sulfonamides is 1. The minimum Gasteiger partial charge on any atom is -0.352 e. The molecule has 0 heterocycles. The van der Waals surface area contributed by atoms with Crippen LogP contribution in [0.2, 0.25) is 10.0 Å². The van der Waals surface area contributed by atoms with E-state index in [0.717, 1.165) is 15.4 Å². The zero-order valence-corrected chi connectivity index (χ0v) is 27.8. The van der Waals surface area contributed by atoms with E-state index in [1.807, 2.05) is 57.2 Å². The van der Waals surface area contributed by atoms with Crippen molar-refractivity contribution in [3.63, 3.8) is 0 Å². The first-order valence-electron chi connectivity index (χ1n) is 14.7. The monoisotopic (exact) mass is 665 g/mol. The second-order valence-electron chi connectivity index (χ2n) is 11.0. The fourth-order valence-electron chi connectivity index (χ4n) is 4.86. The summed E-state index contributed by atoms with van der Waals surface area (Å²) in [6.07, 6.45) is 0.910. The number of hydrogen-bond acceptors (Lipinski definition) is 4. The van der Waals surface area contributed by atoms with Gasteiger partial charge in [-0.25, -0.2) is 8.42 Å². The van der Waals surface area contributed by atoms with Gasteiger partial charge in [-0.15, -0.1) is 0 Å². The molecule has 0 aliphatic carbocycles. The number of nitrogens with zero attached hydrogens (tertiary/aromatic N) is 2. The first-order chi connectivity index (χ1) is 21.5. The molecule has 0 radical (unpaired) electrons. The number of aryl methyl sites for hydroxylation is 1. The number of carbonyl (C=O) groups excluding carboxylic acids is 2. The van der Waals surface area contributed by atoms with E-state index in [2.05, 4.69) is 5.32 Å². The molecular weight excluding hydrogens is 629 g/mol. The van der Waals surface area contributed by atoms with Crippen molar-refractivity contribution in [2.45, 2.75) is 57.1 Å². The van der Waals surface area contributed by atoms with Gasteiger partial charge in [0.15, 0.2) is 0 Å². The Morgan fingerprint density at radius 1 is 0.822 bits per heavy atom. The van der Waals surface area contributed by atoms with Gasteiger partial charge in [-0.1, -0.05) is 96.9 Å². The Hall–Kier alpha value is -3.85.